The third-order valence-electron chi connectivity index (χ3n) is 3.84. The van der Waals surface area contributed by atoms with Gasteiger partial charge >= 0.3 is 0 Å². The van der Waals surface area contributed by atoms with Crippen molar-refractivity contribution in [3.63, 3.8) is 0 Å². The highest BCUT2D eigenvalue weighted by atomic mass is 16.5. The van der Waals surface area contributed by atoms with Crippen molar-refractivity contribution in [2.45, 2.75) is 6.42 Å². The molecule has 3 heterocycles. The van der Waals surface area contributed by atoms with E-state index in [-0.39, 0.29) is 5.41 Å². The van der Waals surface area contributed by atoms with Crippen molar-refractivity contribution in [3.05, 3.63) is 54.3 Å². The molecule has 4 rings (SSSR count). The molecule has 1 atom stereocenters. The minimum Gasteiger partial charge on any atom is -0.469 e. The molecule has 4 heteroatoms. The number of hydrogen-bond donors (Lipinski definition) is 0. The second-order valence-corrected chi connectivity index (χ2v) is 4.99. The molecule has 0 aromatic heterocycles. The number of para-hydroxylation sites is 1. The molecule has 3 aliphatic heterocycles. The summed E-state index contributed by atoms with van der Waals surface area (Å²) in [6, 6.07) is 8.44. The fraction of sp³-hybridized carbons (Fsp3) is 0.200. The molecule has 0 fully saturated rings. The summed E-state index contributed by atoms with van der Waals surface area (Å²) >= 11 is 0. The summed E-state index contributed by atoms with van der Waals surface area (Å²) in [5.41, 5.74) is 3.44. The Morgan fingerprint density at radius 1 is 1.26 bits per heavy atom. The van der Waals surface area contributed by atoms with E-state index in [1.807, 2.05) is 18.7 Å². The Hall–Kier alpha value is -2.36. The Kier molecular flexibility index (Phi) is 2.12. The predicted octanol–water partition coefficient (Wildman–Crippen LogP) is 2.49. The number of anilines is 1. The van der Waals surface area contributed by atoms with E-state index in [0.717, 1.165) is 12.1 Å². The van der Waals surface area contributed by atoms with Crippen LogP contribution in [-0.2, 0) is 11.2 Å². The first-order valence-electron chi connectivity index (χ1n) is 6.32. The van der Waals surface area contributed by atoms with E-state index in [1.165, 1.54) is 11.3 Å². The van der Waals surface area contributed by atoms with Gasteiger partial charge in [0.25, 0.3) is 0 Å². The van der Waals surface area contributed by atoms with Gasteiger partial charge in [-0.3, -0.25) is 4.99 Å². The van der Waals surface area contributed by atoms with Gasteiger partial charge in [0.1, 0.15) is 18.9 Å². The molecule has 0 amide bonds. The molecular formula is C15H13N3O. The Bertz CT molecular complexity index is 645. The van der Waals surface area contributed by atoms with Crippen molar-refractivity contribution >= 4 is 18.2 Å². The van der Waals surface area contributed by atoms with Crippen LogP contribution in [0.2, 0.25) is 0 Å². The monoisotopic (exact) mass is 251 g/mol. The van der Waals surface area contributed by atoms with Crippen LogP contribution in [0.25, 0.3) is 0 Å². The largest absolute Gasteiger partial charge is 0.469 e. The number of benzene rings is 1. The van der Waals surface area contributed by atoms with Crippen LogP contribution in [0.1, 0.15) is 5.56 Å². The van der Waals surface area contributed by atoms with Gasteiger partial charge in [0, 0.05) is 18.1 Å². The fourth-order valence-corrected chi connectivity index (χ4v) is 2.95. The van der Waals surface area contributed by atoms with Crippen molar-refractivity contribution in [1.29, 1.82) is 0 Å². The van der Waals surface area contributed by atoms with Gasteiger partial charge in [-0.2, -0.15) is 0 Å². The highest BCUT2D eigenvalue weighted by Gasteiger charge is 2.42. The second kappa shape index (κ2) is 3.82. The quantitative estimate of drug-likeness (QED) is 0.710. The zero-order valence-corrected chi connectivity index (χ0v) is 10.4. The van der Waals surface area contributed by atoms with Gasteiger partial charge in [-0.1, -0.05) is 18.2 Å². The van der Waals surface area contributed by atoms with Crippen molar-refractivity contribution < 1.29 is 4.74 Å². The SMILES string of the molecule is C1=CN2C(=CO1)C1(C=NC=NC1)Cc1ccccc12. The van der Waals surface area contributed by atoms with Crippen LogP contribution < -0.4 is 4.90 Å². The van der Waals surface area contributed by atoms with Crippen LogP contribution in [0.15, 0.2) is 58.7 Å². The highest BCUT2D eigenvalue weighted by molar-refractivity contribution is 5.85. The summed E-state index contributed by atoms with van der Waals surface area (Å²) in [4.78, 5) is 10.8. The Morgan fingerprint density at radius 2 is 2.21 bits per heavy atom. The summed E-state index contributed by atoms with van der Waals surface area (Å²) in [6.07, 6.45) is 9.99. The molecule has 0 saturated carbocycles. The van der Waals surface area contributed by atoms with E-state index in [1.54, 1.807) is 12.6 Å². The Balaban J connectivity index is 1.91. The van der Waals surface area contributed by atoms with Crippen LogP contribution >= 0.6 is 0 Å². The number of hydrogen-bond acceptors (Lipinski definition) is 4. The van der Waals surface area contributed by atoms with Crippen molar-refractivity contribution in [2.75, 3.05) is 11.4 Å². The molecule has 1 unspecified atom stereocenters. The molecular weight excluding hydrogens is 238 g/mol. The molecule has 1 spiro atoms. The molecule has 1 aromatic rings. The molecule has 0 saturated heterocycles. The van der Waals surface area contributed by atoms with Crippen LogP contribution in [0.3, 0.4) is 0 Å². The summed E-state index contributed by atoms with van der Waals surface area (Å²) in [5.74, 6) is 0. The molecule has 0 bridgehead atoms. The van der Waals surface area contributed by atoms with E-state index < -0.39 is 0 Å². The lowest BCUT2D eigenvalue weighted by Crippen LogP contribution is -2.44. The van der Waals surface area contributed by atoms with E-state index in [4.69, 9.17) is 4.74 Å². The highest BCUT2D eigenvalue weighted by Crippen LogP contribution is 2.44. The van der Waals surface area contributed by atoms with Crippen molar-refractivity contribution in [1.82, 2.24) is 0 Å². The molecule has 0 aliphatic carbocycles. The zero-order valence-electron chi connectivity index (χ0n) is 10.4. The van der Waals surface area contributed by atoms with Gasteiger partial charge in [-0.05, 0) is 18.1 Å². The van der Waals surface area contributed by atoms with Crippen LogP contribution in [0.4, 0.5) is 5.69 Å². The normalized spacial score (nSPS) is 26.7. The Labute approximate surface area is 111 Å². The lowest BCUT2D eigenvalue weighted by Gasteiger charge is -2.43. The van der Waals surface area contributed by atoms with Crippen molar-refractivity contribution in [3.8, 4) is 0 Å². The first-order chi connectivity index (χ1) is 9.39. The lowest BCUT2D eigenvalue weighted by molar-refractivity contribution is 0.360. The molecule has 0 N–H and O–H groups in total. The van der Waals surface area contributed by atoms with Gasteiger partial charge in [0.15, 0.2) is 0 Å². The van der Waals surface area contributed by atoms with Crippen LogP contribution in [0.5, 0.6) is 0 Å². The summed E-state index contributed by atoms with van der Waals surface area (Å²) in [7, 11) is 0. The molecule has 4 nitrogen and oxygen atoms in total. The predicted molar refractivity (Wildman–Crippen MR) is 75.2 cm³/mol. The number of ether oxygens (including phenoxy) is 1. The maximum atomic E-state index is 5.38. The lowest BCUT2D eigenvalue weighted by atomic mass is 9.75. The van der Waals surface area contributed by atoms with Gasteiger partial charge in [0.2, 0.25) is 0 Å². The number of nitrogens with zero attached hydrogens (tertiary/aromatic N) is 3. The molecule has 19 heavy (non-hydrogen) atoms. The maximum Gasteiger partial charge on any atom is 0.111 e. The maximum absolute atomic E-state index is 5.38. The smallest absolute Gasteiger partial charge is 0.111 e. The average Bonchev–Trinajstić information content (AvgIpc) is 2.49. The first kappa shape index (κ1) is 10.6. The van der Waals surface area contributed by atoms with Gasteiger partial charge in [-0.25, -0.2) is 4.99 Å². The van der Waals surface area contributed by atoms with Gasteiger partial charge in [-0.15, -0.1) is 0 Å². The van der Waals surface area contributed by atoms with E-state index in [0.29, 0.717) is 6.54 Å². The molecule has 94 valence electrons. The average molecular weight is 251 g/mol. The van der Waals surface area contributed by atoms with Crippen LogP contribution in [0, 0.1) is 5.41 Å². The minimum atomic E-state index is -0.187. The topological polar surface area (TPSA) is 37.2 Å². The summed E-state index contributed by atoms with van der Waals surface area (Å²) in [6.45, 7) is 0.713. The van der Waals surface area contributed by atoms with Gasteiger partial charge < -0.3 is 9.64 Å². The van der Waals surface area contributed by atoms with Gasteiger partial charge in [0.05, 0.1) is 17.7 Å². The summed E-state index contributed by atoms with van der Waals surface area (Å²) in [5, 5.41) is 0. The second-order valence-electron chi connectivity index (χ2n) is 4.99. The van der Waals surface area contributed by atoms with E-state index >= 15 is 0 Å². The standard InChI is InChI=1S/C15H13N3O/c1-2-4-13-12(3-1)7-15(9-16-11-17-10-15)14-8-19-6-5-18(13)14/h1-6,8-9,11H,7,10H2. The zero-order chi connectivity index (χ0) is 12.7. The number of fused-ring (bicyclic) bond motifs is 4. The van der Waals surface area contributed by atoms with E-state index in [9.17, 15) is 0 Å². The number of aliphatic imine (C=N–C) groups is 2. The molecule has 1 aromatic carbocycles. The van der Waals surface area contributed by atoms with Crippen LogP contribution in [-0.4, -0.2) is 19.1 Å². The fourth-order valence-electron chi connectivity index (χ4n) is 2.95. The minimum absolute atomic E-state index is 0.187. The first-order valence-corrected chi connectivity index (χ1v) is 6.32. The van der Waals surface area contributed by atoms with Crippen molar-refractivity contribution in [2.24, 2.45) is 15.4 Å². The van der Waals surface area contributed by atoms with E-state index in [2.05, 4.69) is 39.2 Å². The summed E-state index contributed by atoms with van der Waals surface area (Å²) < 4.78 is 5.38. The molecule has 3 aliphatic rings. The number of rotatable bonds is 0. The molecule has 0 radical (unpaired) electrons. The Morgan fingerprint density at radius 3 is 3.11 bits per heavy atom. The third kappa shape index (κ3) is 1.46. The third-order valence-corrected chi connectivity index (χ3v) is 3.84.